The highest BCUT2D eigenvalue weighted by Crippen LogP contribution is 2.37. The van der Waals surface area contributed by atoms with E-state index >= 15 is 4.39 Å². The van der Waals surface area contributed by atoms with Gasteiger partial charge in [0, 0.05) is 37.8 Å². The number of aromatic nitrogens is 5. The summed E-state index contributed by atoms with van der Waals surface area (Å²) in [5.74, 6) is -0.579. The molecular weight excluding hydrogens is 635 g/mol. The van der Waals surface area contributed by atoms with Gasteiger partial charge >= 0.3 is 11.7 Å². The summed E-state index contributed by atoms with van der Waals surface area (Å²) in [6.07, 6.45) is 1.30. The molecule has 0 unspecified atom stereocenters. The highest BCUT2D eigenvalue weighted by molar-refractivity contribution is 6.33. The fourth-order valence-electron chi connectivity index (χ4n) is 5.86. The van der Waals surface area contributed by atoms with Gasteiger partial charge in [-0.3, -0.25) is 4.79 Å². The van der Waals surface area contributed by atoms with Crippen molar-refractivity contribution in [3.8, 4) is 23.0 Å². The standard InChI is InChI=1S/C35H42ClFN8O3/c1-9-27(46)43-14-15-44(22(6)19-43)32-24-18-25(36)30(23-12-10-11-13-26(23)37)38-33(24)45(35(47)41-32)31-28(20(2)3)39-34(40-29(31)21(4)5)48-17-16-42(7)8/h9-13,18,20-22H,1,14-17,19H2,2-8H3/t22-/m0/s1. The third-order valence-electron chi connectivity index (χ3n) is 8.32. The van der Waals surface area contributed by atoms with Gasteiger partial charge in [-0.25, -0.2) is 18.7 Å². The molecule has 0 spiro atoms. The molecule has 1 aromatic carbocycles. The van der Waals surface area contributed by atoms with Gasteiger partial charge in [0.05, 0.1) is 33.2 Å². The molecule has 13 heteroatoms. The first-order valence-electron chi connectivity index (χ1n) is 16.1. The number of anilines is 1. The number of ether oxygens (including phenoxy) is 1. The molecule has 1 amide bonds. The van der Waals surface area contributed by atoms with Crippen LogP contribution in [0, 0.1) is 5.82 Å². The lowest BCUT2D eigenvalue weighted by Crippen LogP contribution is -2.54. The van der Waals surface area contributed by atoms with E-state index in [1.165, 1.54) is 16.7 Å². The third-order valence-corrected chi connectivity index (χ3v) is 8.61. The number of carbonyl (C=O) groups excluding carboxylic acids is 1. The first-order valence-corrected chi connectivity index (χ1v) is 16.5. The Morgan fingerprint density at radius 2 is 1.77 bits per heavy atom. The molecule has 3 aromatic heterocycles. The van der Waals surface area contributed by atoms with Crippen molar-refractivity contribution < 1.29 is 13.9 Å². The van der Waals surface area contributed by atoms with Gasteiger partial charge < -0.3 is 19.4 Å². The second-order valence-electron chi connectivity index (χ2n) is 12.8. The van der Waals surface area contributed by atoms with Crippen molar-refractivity contribution in [1.82, 2.24) is 34.3 Å². The first-order chi connectivity index (χ1) is 22.8. The van der Waals surface area contributed by atoms with Crippen LogP contribution < -0.4 is 15.3 Å². The minimum Gasteiger partial charge on any atom is -0.462 e. The van der Waals surface area contributed by atoms with E-state index in [4.69, 9.17) is 31.3 Å². The number of fused-ring (bicyclic) bond motifs is 1. The van der Waals surface area contributed by atoms with Crippen molar-refractivity contribution in [2.75, 3.05) is 51.8 Å². The van der Waals surface area contributed by atoms with E-state index in [1.54, 1.807) is 29.2 Å². The maximum Gasteiger partial charge on any atom is 0.355 e. The van der Waals surface area contributed by atoms with Crippen LogP contribution in [0.25, 0.3) is 28.0 Å². The van der Waals surface area contributed by atoms with E-state index in [0.29, 0.717) is 61.1 Å². The maximum atomic E-state index is 15.2. The lowest BCUT2D eigenvalue weighted by atomic mass is 10.0. The average Bonchev–Trinajstić information content (AvgIpc) is 3.04. The summed E-state index contributed by atoms with van der Waals surface area (Å²) >= 11 is 6.86. The summed E-state index contributed by atoms with van der Waals surface area (Å²) < 4.78 is 22.6. The number of halogens is 2. The van der Waals surface area contributed by atoms with Gasteiger partial charge in [0.2, 0.25) is 5.91 Å². The second-order valence-corrected chi connectivity index (χ2v) is 13.2. The zero-order valence-electron chi connectivity index (χ0n) is 28.5. The van der Waals surface area contributed by atoms with Crippen LogP contribution in [0.2, 0.25) is 5.02 Å². The molecule has 4 heterocycles. The van der Waals surface area contributed by atoms with Crippen molar-refractivity contribution in [3.05, 3.63) is 75.7 Å². The number of pyridine rings is 1. The quantitative estimate of drug-likeness (QED) is 0.203. The SMILES string of the molecule is C=CC(=O)N1CCN(c2nc(=O)n(-c3c(C(C)C)nc(OCCN(C)C)nc3C(C)C)c3nc(-c4ccccc4F)c(Cl)cc23)[C@@H](C)C1. The van der Waals surface area contributed by atoms with Gasteiger partial charge in [-0.05, 0) is 57.1 Å². The minimum absolute atomic E-state index is 0.146. The van der Waals surface area contributed by atoms with Crippen LogP contribution in [-0.2, 0) is 4.79 Å². The fourth-order valence-corrected chi connectivity index (χ4v) is 6.11. The second kappa shape index (κ2) is 14.4. The molecule has 5 rings (SSSR count). The smallest absolute Gasteiger partial charge is 0.355 e. The molecule has 1 saturated heterocycles. The van der Waals surface area contributed by atoms with Crippen molar-refractivity contribution in [2.24, 2.45) is 0 Å². The molecule has 4 aromatic rings. The van der Waals surface area contributed by atoms with Crippen LogP contribution in [0.15, 0.2) is 47.8 Å². The van der Waals surface area contributed by atoms with E-state index < -0.39 is 11.5 Å². The Morgan fingerprint density at radius 3 is 2.35 bits per heavy atom. The molecule has 0 radical (unpaired) electrons. The van der Waals surface area contributed by atoms with Gasteiger partial charge in [0.1, 0.15) is 18.2 Å². The molecule has 254 valence electrons. The lowest BCUT2D eigenvalue weighted by Gasteiger charge is -2.40. The van der Waals surface area contributed by atoms with Crippen molar-refractivity contribution in [3.63, 3.8) is 0 Å². The van der Waals surface area contributed by atoms with Crippen LogP contribution in [0.1, 0.15) is 57.8 Å². The average molecular weight is 677 g/mol. The Kier molecular flexibility index (Phi) is 10.4. The molecule has 11 nitrogen and oxygen atoms in total. The summed E-state index contributed by atoms with van der Waals surface area (Å²) in [4.78, 5) is 51.7. The summed E-state index contributed by atoms with van der Waals surface area (Å²) in [6, 6.07) is 7.94. The lowest BCUT2D eigenvalue weighted by molar-refractivity contribution is -0.126. The molecule has 0 bridgehead atoms. The molecule has 1 fully saturated rings. The Labute approximate surface area is 285 Å². The number of hydrogen-bond acceptors (Lipinski definition) is 9. The normalized spacial score (nSPS) is 15.2. The molecule has 0 saturated carbocycles. The number of carbonyl (C=O) groups is 1. The van der Waals surface area contributed by atoms with Crippen molar-refractivity contribution in [1.29, 1.82) is 0 Å². The minimum atomic E-state index is -0.600. The Morgan fingerprint density at radius 1 is 1.10 bits per heavy atom. The van der Waals surface area contributed by atoms with Gasteiger partial charge in [0.25, 0.3) is 0 Å². The highest BCUT2D eigenvalue weighted by Gasteiger charge is 2.31. The van der Waals surface area contributed by atoms with Gasteiger partial charge in [0.15, 0.2) is 5.65 Å². The van der Waals surface area contributed by atoms with Gasteiger partial charge in [-0.15, -0.1) is 0 Å². The third kappa shape index (κ3) is 6.91. The maximum absolute atomic E-state index is 15.2. The number of benzene rings is 1. The molecule has 0 aliphatic carbocycles. The van der Waals surface area contributed by atoms with Crippen LogP contribution in [0.4, 0.5) is 10.2 Å². The Hall–Kier alpha value is -4.42. The topological polar surface area (TPSA) is 110 Å². The zero-order chi connectivity index (χ0) is 34.9. The summed E-state index contributed by atoms with van der Waals surface area (Å²) in [6.45, 7) is 15.8. The molecule has 1 atom stereocenters. The monoisotopic (exact) mass is 676 g/mol. The predicted molar refractivity (Wildman–Crippen MR) is 187 cm³/mol. The number of hydrogen-bond donors (Lipinski definition) is 0. The molecule has 48 heavy (non-hydrogen) atoms. The van der Waals surface area contributed by atoms with Crippen molar-refractivity contribution in [2.45, 2.75) is 52.5 Å². The first kappa shape index (κ1) is 34.9. The summed E-state index contributed by atoms with van der Waals surface area (Å²) in [7, 11) is 3.91. The van der Waals surface area contributed by atoms with E-state index in [2.05, 4.69) is 11.6 Å². The number of nitrogens with zero attached hydrogens (tertiary/aromatic N) is 8. The van der Waals surface area contributed by atoms with Gasteiger partial charge in [-0.2, -0.15) is 15.0 Å². The van der Waals surface area contributed by atoms with Gasteiger partial charge in [-0.1, -0.05) is 58.0 Å². The molecule has 1 aliphatic heterocycles. The van der Waals surface area contributed by atoms with Crippen LogP contribution in [-0.4, -0.2) is 93.1 Å². The zero-order valence-corrected chi connectivity index (χ0v) is 29.3. The van der Waals surface area contributed by atoms with E-state index in [-0.39, 0.29) is 51.7 Å². The summed E-state index contributed by atoms with van der Waals surface area (Å²) in [5.41, 5.74) is 1.64. The molecule has 1 aliphatic rings. The van der Waals surface area contributed by atoms with E-state index in [1.807, 2.05) is 58.5 Å². The molecule has 0 N–H and O–H groups in total. The van der Waals surface area contributed by atoms with E-state index in [0.717, 1.165) is 0 Å². The fraction of sp³-hybridized carbons (Fsp3) is 0.429. The Bertz CT molecular complexity index is 1880. The number of amides is 1. The van der Waals surface area contributed by atoms with E-state index in [9.17, 15) is 9.59 Å². The number of piperazine rings is 1. The number of rotatable bonds is 10. The van der Waals surface area contributed by atoms with Crippen LogP contribution in [0.3, 0.4) is 0 Å². The Balaban J connectivity index is 1.81. The molecular formula is C35H42ClFN8O3. The summed E-state index contributed by atoms with van der Waals surface area (Å²) in [5, 5.41) is 0.689. The van der Waals surface area contributed by atoms with Crippen molar-refractivity contribution >= 4 is 34.4 Å². The number of likely N-dealkylation sites (N-methyl/N-ethyl adjacent to an activating group) is 1. The largest absolute Gasteiger partial charge is 0.462 e. The van der Waals surface area contributed by atoms with Crippen LogP contribution >= 0.6 is 11.6 Å². The highest BCUT2D eigenvalue weighted by atomic mass is 35.5. The predicted octanol–water partition coefficient (Wildman–Crippen LogP) is 5.44. The van der Waals surface area contributed by atoms with Crippen LogP contribution in [0.5, 0.6) is 6.01 Å².